The molecule has 4 heterocycles. The smallest absolute Gasteiger partial charge is 0.255 e. The van der Waals surface area contributed by atoms with E-state index in [1.54, 1.807) is 23.3 Å². The molecule has 1 saturated carbocycles. The molecule has 1 atom stereocenters. The number of aryl methyl sites for hydroxylation is 1. The van der Waals surface area contributed by atoms with Crippen LogP contribution in [0.4, 0.5) is 0 Å². The quantitative estimate of drug-likeness (QED) is 0.557. The summed E-state index contributed by atoms with van der Waals surface area (Å²) in [6, 6.07) is -0.363. The van der Waals surface area contributed by atoms with Gasteiger partial charge in [-0.1, -0.05) is 0 Å². The molecule has 10 heteroatoms. The number of carbonyl (C=O) groups excluding carboxylic acids is 2. The second-order valence-electron chi connectivity index (χ2n) is 8.51. The minimum absolute atomic E-state index is 0.00951. The van der Waals surface area contributed by atoms with Crippen LogP contribution in [0, 0.1) is 5.92 Å². The second kappa shape index (κ2) is 7.77. The molecule has 10 nitrogen and oxygen atoms in total. The van der Waals surface area contributed by atoms with E-state index in [2.05, 4.69) is 25.4 Å². The Kier molecular flexibility index (Phi) is 4.93. The number of nitrogens with zero attached hydrogens (tertiary/aromatic N) is 5. The largest absolute Gasteiger partial charge is 0.344 e. The van der Waals surface area contributed by atoms with E-state index in [0.29, 0.717) is 35.5 Å². The molecule has 5 rings (SSSR count). The zero-order valence-electron chi connectivity index (χ0n) is 17.4. The van der Waals surface area contributed by atoms with Crippen LogP contribution < -0.4 is 11.1 Å². The van der Waals surface area contributed by atoms with Crippen molar-refractivity contribution in [1.29, 1.82) is 0 Å². The number of amides is 2. The Bertz CT molecular complexity index is 1120. The van der Waals surface area contributed by atoms with Gasteiger partial charge in [0.25, 0.3) is 5.91 Å². The van der Waals surface area contributed by atoms with Gasteiger partial charge in [0.15, 0.2) is 5.65 Å². The lowest BCUT2D eigenvalue weighted by atomic mass is 10.0. The Morgan fingerprint density at radius 3 is 2.68 bits per heavy atom. The van der Waals surface area contributed by atoms with E-state index >= 15 is 0 Å². The van der Waals surface area contributed by atoms with Gasteiger partial charge in [0.1, 0.15) is 11.6 Å². The van der Waals surface area contributed by atoms with Crippen LogP contribution >= 0.6 is 0 Å². The molecule has 2 amide bonds. The number of fused-ring (bicyclic) bond motifs is 1. The van der Waals surface area contributed by atoms with Crippen molar-refractivity contribution in [3.8, 4) is 11.3 Å². The number of aromatic nitrogens is 5. The van der Waals surface area contributed by atoms with Crippen molar-refractivity contribution < 1.29 is 9.59 Å². The lowest BCUT2D eigenvalue weighted by Gasteiger charge is -2.33. The first-order valence-corrected chi connectivity index (χ1v) is 10.7. The zero-order chi connectivity index (χ0) is 21.5. The second-order valence-corrected chi connectivity index (χ2v) is 8.51. The van der Waals surface area contributed by atoms with Gasteiger partial charge in [-0.2, -0.15) is 5.10 Å². The van der Waals surface area contributed by atoms with Crippen molar-refractivity contribution in [2.24, 2.45) is 18.7 Å². The Morgan fingerprint density at radius 1 is 1.23 bits per heavy atom. The standard InChI is InChI=1S/C21H26N8O2/c1-28-11-13(8-25-28)16-10-24-19-18(26-16)15(9-23-19)20(30)27-17(12-2-3-12)21(31)29-6-4-14(22)5-7-29/h8-12,14,17H,2-7,22H2,1H3,(H,23,24)(H,27,30)/t17-/m1/s1. The van der Waals surface area contributed by atoms with Gasteiger partial charge < -0.3 is 20.9 Å². The summed E-state index contributed by atoms with van der Waals surface area (Å²) < 4.78 is 1.69. The first-order valence-electron chi connectivity index (χ1n) is 10.7. The predicted octanol–water partition coefficient (Wildman–Crippen LogP) is 0.817. The third-order valence-corrected chi connectivity index (χ3v) is 6.12. The van der Waals surface area contributed by atoms with Crippen molar-refractivity contribution in [2.45, 2.75) is 37.8 Å². The predicted molar refractivity (Wildman–Crippen MR) is 114 cm³/mol. The van der Waals surface area contributed by atoms with Crippen LogP contribution in [-0.2, 0) is 11.8 Å². The van der Waals surface area contributed by atoms with E-state index in [1.807, 2.05) is 18.1 Å². The number of hydrogen-bond acceptors (Lipinski definition) is 6. The molecule has 2 aliphatic rings. The molecular formula is C21H26N8O2. The summed E-state index contributed by atoms with van der Waals surface area (Å²) >= 11 is 0. The molecule has 0 unspecified atom stereocenters. The Balaban J connectivity index is 1.38. The number of nitrogens with one attached hydrogen (secondary N) is 2. The maximum Gasteiger partial charge on any atom is 0.255 e. The normalized spacial score (nSPS) is 18.3. The third kappa shape index (κ3) is 3.90. The molecule has 0 radical (unpaired) electrons. The fourth-order valence-electron chi connectivity index (χ4n) is 4.10. The average Bonchev–Trinajstić information content (AvgIpc) is 3.37. The lowest BCUT2D eigenvalue weighted by molar-refractivity contribution is -0.134. The monoisotopic (exact) mass is 422 g/mol. The summed E-state index contributed by atoms with van der Waals surface area (Å²) in [6.45, 7) is 1.29. The van der Waals surface area contributed by atoms with Gasteiger partial charge in [-0.15, -0.1) is 0 Å². The minimum Gasteiger partial charge on any atom is -0.344 e. The number of likely N-dealkylation sites (tertiary alicyclic amines) is 1. The van der Waals surface area contributed by atoms with Crippen LogP contribution in [0.15, 0.2) is 24.8 Å². The molecule has 0 spiro atoms. The molecule has 2 fully saturated rings. The molecule has 0 bridgehead atoms. The first kappa shape index (κ1) is 19.7. The zero-order valence-corrected chi connectivity index (χ0v) is 17.4. The van der Waals surface area contributed by atoms with Crippen LogP contribution in [0.3, 0.4) is 0 Å². The van der Waals surface area contributed by atoms with Crippen LogP contribution in [0.5, 0.6) is 0 Å². The van der Waals surface area contributed by atoms with E-state index in [9.17, 15) is 9.59 Å². The Morgan fingerprint density at radius 2 is 2.00 bits per heavy atom. The number of H-pyrrole nitrogens is 1. The number of rotatable bonds is 5. The Labute approximate surface area is 179 Å². The molecule has 31 heavy (non-hydrogen) atoms. The van der Waals surface area contributed by atoms with Crippen LogP contribution in [0.25, 0.3) is 22.4 Å². The number of nitrogens with two attached hydrogens (primary N) is 1. The maximum absolute atomic E-state index is 13.1. The average molecular weight is 422 g/mol. The summed E-state index contributed by atoms with van der Waals surface area (Å²) in [5.41, 5.74) is 8.80. The number of hydrogen-bond donors (Lipinski definition) is 3. The molecule has 0 aromatic carbocycles. The van der Waals surface area contributed by atoms with E-state index in [1.165, 1.54) is 0 Å². The Hall–Kier alpha value is -3.27. The lowest BCUT2D eigenvalue weighted by Crippen LogP contribution is -2.53. The highest BCUT2D eigenvalue weighted by molar-refractivity contribution is 6.06. The summed E-state index contributed by atoms with van der Waals surface area (Å²) in [5.74, 6) is -0.137. The molecule has 162 valence electrons. The van der Waals surface area contributed by atoms with Crippen LogP contribution in [0.1, 0.15) is 36.0 Å². The number of aromatic amines is 1. The highest BCUT2D eigenvalue weighted by Crippen LogP contribution is 2.34. The number of carbonyl (C=O) groups is 2. The highest BCUT2D eigenvalue weighted by atomic mass is 16.2. The SMILES string of the molecule is Cn1cc(-c2cnc3[nH]cc(C(=O)N[C@@H](C(=O)N4CCC(N)CC4)C4CC4)c3n2)cn1. The van der Waals surface area contributed by atoms with Crippen molar-refractivity contribution in [1.82, 2.24) is 34.9 Å². The third-order valence-electron chi connectivity index (χ3n) is 6.12. The molecule has 3 aromatic heterocycles. The van der Waals surface area contributed by atoms with Gasteiger partial charge in [-0.05, 0) is 31.6 Å². The molecule has 1 saturated heterocycles. The van der Waals surface area contributed by atoms with Crippen molar-refractivity contribution in [3.05, 3.63) is 30.4 Å². The van der Waals surface area contributed by atoms with Gasteiger partial charge in [0.2, 0.25) is 5.91 Å². The summed E-state index contributed by atoms with van der Waals surface area (Å²) in [6.07, 6.45) is 10.3. The van der Waals surface area contributed by atoms with Gasteiger partial charge in [0.05, 0.1) is 23.7 Å². The summed E-state index contributed by atoms with van der Waals surface area (Å²) in [5, 5.41) is 7.14. The molecule has 4 N–H and O–H groups in total. The van der Waals surface area contributed by atoms with E-state index in [0.717, 1.165) is 31.2 Å². The molecule has 3 aromatic rings. The maximum atomic E-state index is 13.1. The number of piperidine rings is 1. The molecular weight excluding hydrogens is 396 g/mol. The highest BCUT2D eigenvalue weighted by Gasteiger charge is 2.40. The van der Waals surface area contributed by atoms with E-state index in [-0.39, 0.29) is 23.8 Å². The van der Waals surface area contributed by atoms with Crippen LogP contribution in [0.2, 0.25) is 0 Å². The van der Waals surface area contributed by atoms with Gasteiger partial charge in [-0.25, -0.2) is 9.97 Å². The fraction of sp³-hybridized carbons (Fsp3) is 0.476. The van der Waals surface area contributed by atoms with Crippen molar-refractivity contribution >= 4 is 23.0 Å². The first-order chi connectivity index (χ1) is 15.0. The van der Waals surface area contributed by atoms with Gasteiger partial charge >= 0.3 is 0 Å². The van der Waals surface area contributed by atoms with E-state index in [4.69, 9.17) is 5.73 Å². The van der Waals surface area contributed by atoms with E-state index < -0.39 is 6.04 Å². The summed E-state index contributed by atoms with van der Waals surface area (Å²) in [7, 11) is 1.83. The summed E-state index contributed by atoms with van der Waals surface area (Å²) in [4.78, 5) is 40.1. The topological polar surface area (TPSA) is 135 Å². The van der Waals surface area contributed by atoms with Crippen LogP contribution in [-0.4, -0.2) is 66.6 Å². The minimum atomic E-state index is -0.513. The van der Waals surface area contributed by atoms with Gasteiger partial charge in [0, 0.05) is 44.1 Å². The molecule has 1 aliphatic heterocycles. The fourth-order valence-corrected chi connectivity index (χ4v) is 4.10. The van der Waals surface area contributed by atoms with Crippen molar-refractivity contribution in [2.75, 3.05) is 13.1 Å². The molecule has 1 aliphatic carbocycles. The van der Waals surface area contributed by atoms with Crippen molar-refractivity contribution in [3.63, 3.8) is 0 Å². The van der Waals surface area contributed by atoms with Gasteiger partial charge in [-0.3, -0.25) is 14.3 Å².